The predicted molar refractivity (Wildman–Crippen MR) is 120 cm³/mol. The first-order valence-corrected chi connectivity index (χ1v) is 10.2. The number of rotatable bonds is 8. The van der Waals surface area contributed by atoms with Crippen LogP contribution in [0.2, 0.25) is 0 Å². The Hall–Kier alpha value is -3.59. The lowest BCUT2D eigenvalue weighted by molar-refractivity contribution is -0.140. The van der Waals surface area contributed by atoms with Gasteiger partial charge in [-0.05, 0) is 56.1 Å². The van der Waals surface area contributed by atoms with E-state index < -0.39 is 23.5 Å². The number of amides is 1. The van der Waals surface area contributed by atoms with Crippen molar-refractivity contribution < 1.29 is 33.3 Å². The molecule has 0 aromatic heterocycles. The van der Waals surface area contributed by atoms with Crippen LogP contribution in [-0.4, -0.2) is 75.1 Å². The molecule has 0 bridgehead atoms. The van der Waals surface area contributed by atoms with Gasteiger partial charge in [-0.2, -0.15) is 0 Å². The van der Waals surface area contributed by atoms with Crippen molar-refractivity contribution in [3.05, 3.63) is 58.9 Å². The molecule has 8 nitrogen and oxygen atoms in total. The maximum absolute atomic E-state index is 13.4. The topological polar surface area (TPSA) is 88.5 Å². The Balaban J connectivity index is 2.25. The van der Waals surface area contributed by atoms with Crippen molar-refractivity contribution in [2.24, 2.45) is 0 Å². The Labute approximate surface area is 191 Å². The zero-order valence-corrected chi connectivity index (χ0v) is 19.2. The number of likely N-dealkylation sites (tertiary alicyclic amines) is 1. The van der Waals surface area contributed by atoms with Gasteiger partial charge in [-0.1, -0.05) is 0 Å². The number of ether oxygens (including phenoxy) is 3. The van der Waals surface area contributed by atoms with E-state index in [1.807, 2.05) is 19.0 Å². The highest BCUT2D eigenvalue weighted by atomic mass is 19.1. The van der Waals surface area contributed by atoms with Crippen molar-refractivity contribution in [1.29, 1.82) is 0 Å². The number of nitrogens with zero attached hydrogens (tertiary/aromatic N) is 2. The zero-order chi connectivity index (χ0) is 24.3. The van der Waals surface area contributed by atoms with Crippen molar-refractivity contribution in [2.45, 2.75) is 6.04 Å². The number of methoxy groups -OCH3 is 3. The van der Waals surface area contributed by atoms with Crippen molar-refractivity contribution in [3.63, 3.8) is 0 Å². The van der Waals surface area contributed by atoms with Gasteiger partial charge in [0, 0.05) is 18.7 Å². The SMILES string of the molecule is COc1cc([C@@H]2/C(=C(\O)c3ccc(F)cc3)C(=O)C(=O)N2CCN(C)C)cc(OC)c1OC. The van der Waals surface area contributed by atoms with Gasteiger partial charge in [0.25, 0.3) is 11.7 Å². The van der Waals surface area contributed by atoms with Gasteiger partial charge in [0.2, 0.25) is 5.75 Å². The molecule has 2 aromatic rings. The van der Waals surface area contributed by atoms with Gasteiger partial charge < -0.3 is 29.1 Å². The van der Waals surface area contributed by atoms with Gasteiger partial charge in [-0.25, -0.2) is 4.39 Å². The third-order valence-corrected chi connectivity index (χ3v) is 5.45. The third-order valence-electron chi connectivity index (χ3n) is 5.45. The normalized spacial score (nSPS) is 17.5. The van der Waals surface area contributed by atoms with Crippen LogP contribution in [0.15, 0.2) is 42.0 Å². The molecule has 1 N–H and O–H groups in total. The Morgan fingerprint density at radius 1 is 1.03 bits per heavy atom. The molecule has 1 atom stereocenters. The fourth-order valence-electron chi connectivity index (χ4n) is 3.79. The van der Waals surface area contributed by atoms with Crippen LogP contribution in [-0.2, 0) is 9.59 Å². The quantitative estimate of drug-likeness (QED) is 0.370. The van der Waals surface area contributed by atoms with E-state index in [4.69, 9.17) is 14.2 Å². The second-order valence-corrected chi connectivity index (χ2v) is 7.76. The maximum atomic E-state index is 13.4. The van der Waals surface area contributed by atoms with E-state index in [9.17, 15) is 19.1 Å². The minimum Gasteiger partial charge on any atom is -0.507 e. The maximum Gasteiger partial charge on any atom is 0.295 e. The standard InChI is InChI=1S/C24H27FN2O6/c1-26(2)10-11-27-20(15-12-17(31-3)23(33-5)18(13-15)32-4)19(22(29)24(27)30)21(28)14-6-8-16(25)9-7-14/h6-9,12-13,20,28H,10-11H2,1-5H3/b21-19+/t20-/m1/s1. The Morgan fingerprint density at radius 2 is 1.61 bits per heavy atom. The lowest BCUT2D eigenvalue weighted by atomic mass is 9.94. The van der Waals surface area contributed by atoms with Crippen LogP contribution in [0.1, 0.15) is 17.2 Å². The summed E-state index contributed by atoms with van der Waals surface area (Å²) in [6.45, 7) is 0.726. The summed E-state index contributed by atoms with van der Waals surface area (Å²) in [5.41, 5.74) is 0.616. The largest absolute Gasteiger partial charge is 0.507 e. The summed E-state index contributed by atoms with van der Waals surface area (Å²) in [4.78, 5) is 29.4. The number of likely N-dealkylation sites (N-methyl/N-ethyl adjacent to an activating group) is 1. The highest BCUT2D eigenvalue weighted by molar-refractivity contribution is 6.46. The molecule has 3 rings (SSSR count). The number of carbonyl (C=O) groups is 2. The first-order chi connectivity index (χ1) is 15.7. The summed E-state index contributed by atoms with van der Waals surface area (Å²) in [5, 5.41) is 11.0. The molecule has 1 fully saturated rings. The van der Waals surface area contributed by atoms with Gasteiger partial charge in [0.15, 0.2) is 11.5 Å². The first-order valence-electron chi connectivity index (χ1n) is 10.2. The van der Waals surface area contributed by atoms with E-state index in [-0.39, 0.29) is 23.4 Å². The minimum absolute atomic E-state index is 0.0976. The minimum atomic E-state index is -0.913. The summed E-state index contributed by atoms with van der Waals surface area (Å²) in [7, 11) is 8.09. The van der Waals surface area contributed by atoms with Crippen LogP contribution in [0.4, 0.5) is 4.39 Å². The average Bonchev–Trinajstić information content (AvgIpc) is 3.06. The molecule has 9 heteroatoms. The summed E-state index contributed by atoms with van der Waals surface area (Å²) >= 11 is 0. The summed E-state index contributed by atoms with van der Waals surface area (Å²) in [6.07, 6.45) is 0. The van der Waals surface area contributed by atoms with Crippen LogP contribution in [0.3, 0.4) is 0 Å². The van der Waals surface area contributed by atoms with Crippen LogP contribution >= 0.6 is 0 Å². The van der Waals surface area contributed by atoms with Crippen LogP contribution < -0.4 is 14.2 Å². The van der Waals surface area contributed by atoms with E-state index in [0.29, 0.717) is 29.4 Å². The molecule has 2 aromatic carbocycles. The molecular weight excluding hydrogens is 431 g/mol. The molecule has 176 valence electrons. The lowest BCUT2D eigenvalue weighted by Gasteiger charge is -2.27. The molecular formula is C24H27FN2O6. The monoisotopic (exact) mass is 458 g/mol. The molecule has 1 heterocycles. The summed E-state index contributed by atoms with van der Waals surface area (Å²) in [6, 6.07) is 7.41. The number of benzene rings is 2. The number of Topliss-reactive ketones (excluding diaryl/α,β-unsaturated/α-hetero) is 1. The predicted octanol–water partition coefficient (Wildman–Crippen LogP) is 2.83. The molecule has 0 saturated carbocycles. The highest BCUT2D eigenvalue weighted by Gasteiger charge is 2.46. The van der Waals surface area contributed by atoms with Crippen LogP contribution in [0.5, 0.6) is 17.2 Å². The molecule has 1 saturated heterocycles. The van der Waals surface area contributed by atoms with E-state index in [1.165, 1.54) is 50.5 Å². The van der Waals surface area contributed by atoms with Gasteiger partial charge in [0.1, 0.15) is 11.6 Å². The van der Waals surface area contributed by atoms with E-state index in [1.54, 1.807) is 12.1 Å². The molecule has 33 heavy (non-hydrogen) atoms. The number of aliphatic hydroxyl groups is 1. The Bertz CT molecular complexity index is 1060. The molecule has 1 aliphatic rings. The van der Waals surface area contributed by atoms with Crippen molar-refractivity contribution in [3.8, 4) is 17.2 Å². The zero-order valence-electron chi connectivity index (χ0n) is 19.2. The van der Waals surface area contributed by atoms with Crippen LogP contribution in [0, 0.1) is 5.82 Å². The molecule has 1 aliphatic heterocycles. The van der Waals surface area contributed by atoms with E-state index >= 15 is 0 Å². The fourth-order valence-corrected chi connectivity index (χ4v) is 3.79. The summed E-state index contributed by atoms with van der Waals surface area (Å²) in [5.74, 6) is -1.40. The Morgan fingerprint density at radius 3 is 2.09 bits per heavy atom. The number of aliphatic hydroxyl groups excluding tert-OH is 1. The van der Waals surface area contributed by atoms with Crippen molar-refractivity contribution >= 4 is 17.4 Å². The molecule has 1 amide bonds. The van der Waals surface area contributed by atoms with Crippen molar-refractivity contribution in [1.82, 2.24) is 9.80 Å². The fraction of sp³-hybridized carbons (Fsp3) is 0.333. The Kier molecular flexibility index (Phi) is 7.23. The average molecular weight is 458 g/mol. The molecule has 0 spiro atoms. The van der Waals surface area contributed by atoms with E-state index in [0.717, 1.165) is 0 Å². The molecule has 0 aliphatic carbocycles. The molecule has 0 unspecified atom stereocenters. The van der Waals surface area contributed by atoms with Crippen molar-refractivity contribution in [2.75, 3.05) is 48.5 Å². The van der Waals surface area contributed by atoms with Gasteiger partial charge in [-0.15, -0.1) is 0 Å². The lowest BCUT2D eigenvalue weighted by Crippen LogP contribution is -2.35. The number of hydrogen-bond donors (Lipinski definition) is 1. The second kappa shape index (κ2) is 9.91. The van der Waals surface area contributed by atoms with Gasteiger partial charge in [0.05, 0.1) is 32.9 Å². The second-order valence-electron chi connectivity index (χ2n) is 7.76. The third kappa shape index (κ3) is 4.63. The van der Waals surface area contributed by atoms with Gasteiger partial charge >= 0.3 is 0 Å². The summed E-state index contributed by atoms with van der Waals surface area (Å²) < 4.78 is 29.7. The first kappa shape index (κ1) is 24.1. The number of hydrogen-bond acceptors (Lipinski definition) is 7. The number of ketones is 1. The van der Waals surface area contributed by atoms with E-state index in [2.05, 4.69) is 0 Å². The molecule has 0 radical (unpaired) electrons. The number of halogens is 1. The number of carbonyl (C=O) groups excluding carboxylic acids is 2. The van der Waals surface area contributed by atoms with Gasteiger partial charge in [-0.3, -0.25) is 9.59 Å². The smallest absolute Gasteiger partial charge is 0.295 e. The van der Waals surface area contributed by atoms with Crippen LogP contribution in [0.25, 0.3) is 5.76 Å². The highest BCUT2D eigenvalue weighted by Crippen LogP contribution is 2.45.